The van der Waals surface area contributed by atoms with E-state index in [0.717, 1.165) is 27.7 Å². The van der Waals surface area contributed by atoms with E-state index in [1.807, 2.05) is 79.4 Å². The van der Waals surface area contributed by atoms with Crippen molar-refractivity contribution in [3.8, 4) is 11.5 Å². The van der Waals surface area contributed by atoms with E-state index in [1.165, 1.54) is 5.56 Å². The van der Waals surface area contributed by atoms with Gasteiger partial charge >= 0.3 is 0 Å². The van der Waals surface area contributed by atoms with Crippen LogP contribution >= 0.6 is 12.2 Å². The normalized spacial score (nSPS) is 10.8. The van der Waals surface area contributed by atoms with Crippen LogP contribution < -0.4 is 20.3 Å². The smallest absolute Gasteiger partial charge is 0.253 e. The Morgan fingerprint density at radius 2 is 1.64 bits per heavy atom. The van der Waals surface area contributed by atoms with Crippen LogP contribution in [0.2, 0.25) is 0 Å². The van der Waals surface area contributed by atoms with E-state index >= 15 is 0 Å². The van der Waals surface area contributed by atoms with Gasteiger partial charge in [-0.3, -0.25) is 4.79 Å². The lowest BCUT2D eigenvalue weighted by atomic mass is 10.1. The molecule has 2 N–H and O–H groups in total. The zero-order valence-electron chi connectivity index (χ0n) is 21.1. The molecule has 1 heterocycles. The summed E-state index contributed by atoms with van der Waals surface area (Å²) < 4.78 is 10.8. The molecule has 186 valence electrons. The Kier molecular flexibility index (Phi) is 7.90. The van der Waals surface area contributed by atoms with Gasteiger partial charge < -0.3 is 24.7 Å². The maximum Gasteiger partial charge on any atom is 0.253 e. The summed E-state index contributed by atoms with van der Waals surface area (Å²) in [5, 5.41) is 4.89. The summed E-state index contributed by atoms with van der Waals surface area (Å²) in [5.74, 6) is 1.37. The van der Waals surface area contributed by atoms with Crippen molar-refractivity contribution < 1.29 is 9.47 Å². The lowest BCUT2D eigenvalue weighted by Gasteiger charge is -2.26. The van der Waals surface area contributed by atoms with Crippen molar-refractivity contribution in [2.45, 2.75) is 26.8 Å². The molecule has 6 nitrogen and oxygen atoms in total. The molecule has 36 heavy (non-hydrogen) atoms. The number of nitrogens with one attached hydrogen (secondary N) is 2. The number of thiocarbonyl (C=S) groups is 1. The van der Waals surface area contributed by atoms with Gasteiger partial charge in [-0.15, -0.1) is 0 Å². The second-order valence-electron chi connectivity index (χ2n) is 8.87. The predicted octanol–water partition coefficient (Wildman–Crippen LogP) is 5.60. The number of nitrogens with zero attached hydrogens (tertiary/aromatic N) is 1. The standard InChI is InChI=1S/C29H31N3O3S/c1-19-5-9-24(10-6-19)30-29(36)32(14-13-21-8-12-26(34-3)27(16-21)35-4)18-23-17-22-15-20(2)7-11-25(22)31-28(23)33/h5-12,15-17H,13-14,18H2,1-4H3,(H,30,36)(H,31,33). The van der Waals surface area contributed by atoms with Gasteiger partial charge in [-0.2, -0.15) is 0 Å². The molecule has 0 aliphatic rings. The molecule has 0 atom stereocenters. The lowest BCUT2D eigenvalue weighted by molar-refractivity contribution is 0.354. The maximum absolute atomic E-state index is 12.9. The van der Waals surface area contributed by atoms with Gasteiger partial charge in [-0.25, -0.2) is 0 Å². The third-order valence-electron chi connectivity index (χ3n) is 6.15. The van der Waals surface area contributed by atoms with Crippen LogP contribution in [0.15, 0.2) is 71.5 Å². The summed E-state index contributed by atoms with van der Waals surface area (Å²) in [4.78, 5) is 18.0. The number of anilines is 1. The van der Waals surface area contributed by atoms with E-state index in [9.17, 15) is 4.79 Å². The summed E-state index contributed by atoms with van der Waals surface area (Å²) in [7, 11) is 3.25. The zero-order chi connectivity index (χ0) is 25.7. The number of aromatic amines is 1. The molecule has 0 radical (unpaired) electrons. The van der Waals surface area contributed by atoms with E-state index in [4.69, 9.17) is 21.7 Å². The second-order valence-corrected chi connectivity index (χ2v) is 9.26. The molecular formula is C29H31N3O3S. The average molecular weight is 502 g/mol. The molecule has 0 saturated carbocycles. The molecule has 0 saturated heterocycles. The molecule has 0 amide bonds. The molecule has 4 rings (SSSR count). The highest BCUT2D eigenvalue weighted by Crippen LogP contribution is 2.28. The van der Waals surface area contributed by atoms with Gasteiger partial charge in [-0.1, -0.05) is 35.4 Å². The number of pyridine rings is 1. The summed E-state index contributed by atoms with van der Waals surface area (Å²) >= 11 is 5.81. The van der Waals surface area contributed by atoms with Crippen molar-refractivity contribution in [2.75, 3.05) is 26.1 Å². The van der Waals surface area contributed by atoms with Gasteiger partial charge in [0.1, 0.15) is 0 Å². The van der Waals surface area contributed by atoms with Crippen molar-refractivity contribution in [1.29, 1.82) is 0 Å². The minimum atomic E-state index is -0.111. The Hall–Kier alpha value is -3.84. The number of methoxy groups -OCH3 is 2. The number of benzene rings is 3. The number of aryl methyl sites for hydroxylation is 2. The molecule has 0 unspecified atom stereocenters. The summed E-state index contributed by atoms with van der Waals surface area (Å²) in [5.41, 5.74) is 5.68. The molecule has 0 spiro atoms. The fourth-order valence-electron chi connectivity index (χ4n) is 4.09. The number of fused-ring (bicyclic) bond motifs is 1. The molecule has 4 aromatic rings. The molecule has 0 bridgehead atoms. The van der Waals surface area contributed by atoms with Gasteiger partial charge in [0, 0.05) is 23.3 Å². The molecule has 3 aromatic carbocycles. The quantitative estimate of drug-likeness (QED) is 0.306. The van der Waals surface area contributed by atoms with Crippen molar-refractivity contribution in [2.24, 2.45) is 0 Å². The van der Waals surface area contributed by atoms with Gasteiger partial charge in [0.2, 0.25) is 0 Å². The van der Waals surface area contributed by atoms with Crippen LogP contribution in [0.25, 0.3) is 10.9 Å². The van der Waals surface area contributed by atoms with Crippen LogP contribution in [0.5, 0.6) is 11.5 Å². The van der Waals surface area contributed by atoms with Crippen LogP contribution in [0.4, 0.5) is 5.69 Å². The van der Waals surface area contributed by atoms with Crippen LogP contribution in [0.1, 0.15) is 22.3 Å². The predicted molar refractivity (Wildman–Crippen MR) is 150 cm³/mol. The minimum Gasteiger partial charge on any atom is -0.493 e. The second kappa shape index (κ2) is 11.3. The Morgan fingerprint density at radius 1 is 0.917 bits per heavy atom. The highest BCUT2D eigenvalue weighted by atomic mass is 32.1. The van der Waals surface area contributed by atoms with Crippen LogP contribution in [-0.4, -0.2) is 35.8 Å². The van der Waals surface area contributed by atoms with Crippen LogP contribution in [-0.2, 0) is 13.0 Å². The first-order valence-electron chi connectivity index (χ1n) is 11.8. The molecule has 0 fully saturated rings. The van der Waals surface area contributed by atoms with Crippen molar-refractivity contribution >= 4 is 33.9 Å². The first-order valence-corrected chi connectivity index (χ1v) is 12.2. The Bertz CT molecular complexity index is 1430. The Labute approximate surface area is 216 Å². The molecular weight excluding hydrogens is 470 g/mol. The van der Waals surface area contributed by atoms with Crippen molar-refractivity contribution in [1.82, 2.24) is 9.88 Å². The topological polar surface area (TPSA) is 66.6 Å². The third-order valence-corrected chi connectivity index (χ3v) is 6.51. The van der Waals surface area contributed by atoms with E-state index in [0.29, 0.717) is 41.7 Å². The first-order chi connectivity index (χ1) is 17.4. The zero-order valence-corrected chi connectivity index (χ0v) is 21.9. The summed E-state index contributed by atoms with van der Waals surface area (Å²) in [6.45, 7) is 5.08. The van der Waals surface area contributed by atoms with Crippen LogP contribution in [0, 0.1) is 13.8 Å². The summed E-state index contributed by atoms with van der Waals surface area (Å²) in [6, 6.07) is 21.9. The fourth-order valence-corrected chi connectivity index (χ4v) is 4.36. The molecule has 1 aromatic heterocycles. The van der Waals surface area contributed by atoms with Crippen molar-refractivity contribution in [3.05, 3.63) is 99.3 Å². The monoisotopic (exact) mass is 501 g/mol. The van der Waals surface area contributed by atoms with E-state index < -0.39 is 0 Å². The maximum atomic E-state index is 12.9. The Morgan fingerprint density at radius 3 is 2.36 bits per heavy atom. The lowest BCUT2D eigenvalue weighted by Crippen LogP contribution is -2.37. The number of hydrogen-bond donors (Lipinski definition) is 2. The van der Waals surface area contributed by atoms with E-state index in [-0.39, 0.29) is 5.56 Å². The summed E-state index contributed by atoms with van der Waals surface area (Å²) in [6.07, 6.45) is 0.709. The van der Waals surface area contributed by atoms with E-state index in [1.54, 1.807) is 14.2 Å². The largest absolute Gasteiger partial charge is 0.493 e. The Balaban J connectivity index is 1.60. The SMILES string of the molecule is COc1ccc(CCN(Cc2cc3cc(C)ccc3[nH]c2=O)C(=S)Nc2ccc(C)cc2)cc1OC. The van der Waals surface area contributed by atoms with Gasteiger partial charge in [0.15, 0.2) is 16.6 Å². The highest BCUT2D eigenvalue weighted by Gasteiger charge is 2.15. The number of rotatable bonds is 8. The molecule has 0 aliphatic carbocycles. The van der Waals surface area contributed by atoms with E-state index in [2.05, 4.69) is 16.4 Å². The molecule has 7 heteroatoms. The third kappa shape index (κ3) is 6.04. The minimum absolute atomic E-state index is 0.111. The average Bonchev–Trinajstić information content (AvgIpc) is 2.88. The fraction of sp³-hybridized carbons (Fsp3) is 0.241. The van der Waals surface area contributed by atoms with Crippen molar-refractivity contribution in [3.63, 3.8) is 0 Å². The molecule has 0 aliphatic heterocycles. The van der Waals surface area contributed by atoms with Crippen LogP contribution in [0.3, 0.4) is 0 Å². The van der Waals surface area contributed by atoms with Gasteiger partial charge in [0.05, 0.1) is 20.8 Å². The van der Waals surface area contributed by atoms with Gasteiger partial charge in [0.25, 0.3) is 5.56 Å². The van der Waals surface area contributed by atoms with Gasteiger partial charge in [-0.05, 0) is 85.9 Å². The number of ether oxygens (including phenoxy) is 2. The number of H-pyrrole nitrogens is 1. The first kappa shape index (κ1) is 25.3. The number of hydrogen-bond acceptors (Lipinski definition) is 4. The number of aromatic nitrogens is 1. The highest BCUT2D eigenvalue weighted by molar-refractivity contribution is 7.80.